The number of methoxy groups -OCH3 is 2. The van der Waals surface area contributed by atoms with Crippen molar-refractivity contribution in [3.8, 4) is 11.3 Å². The van der Waals surface area contributed by atoms with E-state index in [4.69, 9.17) is 19.5 Å². The highest BCUT2D eigenvalue weighted by atomic mass is 16.5. The summed E-state index contributed by atoms with van der Waals surface area (Å²) in [6, 6.07) is 16.4. The molecule has 4 heterocycles. The van der Waals surface area contributed by atoms with Gasteiger partial charge in [0.25, 0.3) is 0 Å². The van der Waals surface area contributed by atoms with Gasteiger partial charge >= 0.3 is 12.2 Å². The van der Waals surface area contributed by atoms with Crippen LogP contribution in [0.15, 0.2) is 65.9 Å². The molecule has 6 aliphatic rings. The summed E-state index contributed by atoms with van der Waals surface area (Å²) in [5.74, 6) is 0.405. The Hall–Kier alpha value is -5.46. The number of ether oxygens (including phenoxy) is 2. The molecule has 312 valence electrons. The van der Waals surface area contributed by atoms with E-state index in [9.17, 15) is 19.2 Å². The average molecular weight is 804 g/mol. The lowest BCUT2D eigenvalue weighted by atomic mass is 9.32. The topological polar surface area (TPSA) is 158 Å². The SMILES string of the molecule is COC(=O)N[C@H](C(=O)N1CCC[C@H]1C1=NC=C(c2ccc(C34CC(c5ccc(-c6cnc([C@@H]7CCCN7C(=O)[C@@H](NC(=O)OC)C(C)C)[nH]6)cc5)(C3)C4)cc2)C1)C(C)C. The van der Waals surface area contributed by atoms with Crippen molar-refractivity contribution in [2.45, 2.75) is 114 Å². The zero-order valence-electron chi connectivity index (χ0n) is 35.0. The number of aliphatic imine (C=N–C) groups is 1. The van der Waals surface area contributed by atoms with Gasteiger partial charge in [-0.25, -0.2) is 14.6 Å². The predicted molar refractivity (Wildman–Crippen MR) is 224 cm³/mol. The number of aromatic nitrogens is 2. The van der Waals surface area contributed by atoms with Crippen molar-refractivity contribution in [1.82, 2.24) is 30.4 Å². The number of imidazole rings is 1. The number of amides is 4. The van der Waals surface area contributed by atoms with Crippen LogP contribution in [0.4, 0.5) is 9.59 Å². The summed E-state index contributed by atoms with van der Waals surface area (Å²) in [6.45, 7) is 8.96. The summed E-state index contributed by atoms with van der Waals surface area (Å²) in [5.41, 5.74) is 8.54. The van der Waals surface area contributed by atoms with Crippen molar-refractivity contribution in [3.63, 3.8) is 0 Å². The Labute approximate surface area is 346 Å². The third-order valence-corrected chi connectivity index (χ3v) is 13.6. The minimum absolute atomic E-state index is 0.0683. The van der Waals surface area contributed by atoms with E-state index in [1.165, 1.54) is 30.9 Å². The highest BCUT2D eigenvalue weighted by Gasteiger charge is 2.68. The van der Waals surface area contributed by atoms with Gasteiger partial charge in [0.2, 0.25) is 11.8 Å². The van der Waals surface area contributed by atoms with Crippen LogP contribution in [0.1, 0.15) is 108 Å². The first-order valence-corrected chi connectivity index (χ1v) is 21.2. The van der Waals surface area contributed by atoms with Gasteiger partial charge in [-0.05, 0) is 95.4 Å². The zero-order chi connectivity index (χ0) is 41.6. The summed E-state index contributed by atoms with van der Waals surface area (Å²) in [7, 11) is 2.61. The molecule has 2 saturated heterocycles. The molecule has 4 atom stereocenters. The van der Waals surface area contributed by atoms with Crippen LogP contribution in [0.25, 0.3) is 16.8 Å². The molecule has 3 aliphatic heterocycles. The molecule has 2 bridgehead atoms. The molecule has 2 aromatic carbocycles. The number of hydrogen-bond acceptors (Lipinski definition) is 8. The minimum atomic E-state index is -0.669. The zero-order valence-corrected chi connectivity index (χ0v) is 35.0. The molecule has 3 aliphatic carbocycles. The average Bonchev–Trinajstić information content (AvgIpc) is 4.04. The first kappa shape index (κ1) is 40.3. The molecule has 59 heavy (non-hydrogen) atoms. The molecule has 4 amide bonds. The quantitative estimate of drug-likeness (QED) is 0.177. The number of benzene rings is 2. The molecular weight excluding hydrogens is 747 g/mol. The summed E-state index contributed by atoms with van der Waals surface area (Å²) < 4.78 is 9.56. The number of rotatable bonds is 12. The van der Waals surface area contributed by atoms with Gasteiger partial charge in [0.1, 0.15) is 17.9 Å². The van der Waals surface area contributed by atoms with Gasteiger partial charge in [0.15, 0.2) is 0 Å². The van der Waals surface area contributed by atoms with Crippen molar-refractivity contribution < 1.29 is 28.7 Å². The van der Waals surface area contributed by atoms with Gasteiger partial charge in [-0.3, -0.25) is 14.6 Å². The molecule has 13 heteroatoms. The highest BCUT2D eigenvalue weighted by Crippen LogP contribution is 2.74. The van der Waals surface area contributed by atoms with E-state index in [-0.39, 0.29) is 46.6 Å². The number of carbonyl (C=O) groups is 4. The number of hydrogen-bond donors (Lipinski definition) is 3. The first-order valence-electron chi connectivity index (χ1n) is 21.2. The smallest absolute Gasteiger partial charge is 0.407 e. The second-order valence-electron chi connectivity index (χ2n) is 18.0. The van der Waals surface area contributed by atoms with E-state index in [1.807, 2.05) is 49.9 Å². The molecule has 0 radical (unpaired) electrons. The third kappa shape index (κ3) is 7.41. The molecule has 0 unspecified atom stereocenters. The van der Waals surface area contributed by atoms with Gasteiger partial charge in [-0.15, -0.1) is 0 Å². The predicted octanol–water partition coefficient (Wildman–Crippen LogP) is 7.05. The van der Waals surface area contributed by atoms with Crippen LogP contribution in [-0.4, -0.2) is 94.9 Å². The van der Waals surface area contributed by atoms with Crippen LogP contribution in [0.2, 0.25) is 0 Å². The normalized spacial score (nSPS) is 25.5. The van der Waals surface area contributed by atoms with Crippen LogP contribution in [0.5, 0.6) is 0 Å². The maximum absolute atomic E-state index is 13.6. The standard InChI is InChI=1S/C46H57N7O6/c1-27(2)38(50-43(56)58-5)41(54)52-19-7-9-36(52)34-21-31(22-47-34)29-11-15-32(16-12-29)45-24-46(25-45,26-45)33-17-13-30(14-18-33)35-23-48-40(49-35)37-10-8-20-53(37)42(55)39(28(3)4)51-44(57)59-6/h11-18,22-23,27-28,36-39H,7-10,19-21,24-26H2,1-6H3,(H,48,49)(H,50,56)(H,51,57)/t36-,37-,38-,39-,45?,46?/m0/s1. The number of nitrogens with zero attached hydrogens (tertiary/aromatic N) is 4. The van der Waals surface area contributed by atoms with Crippen LogP contribution in [-0.2, 0) is 29.9 Å². The maximum atomic E-state index is 13.6. The fourth-order valence-corrected chi connectivity index (χ4v) is 10.4. The fraction of sp³-hybridized carbons (Fsp3) is 0.522. The second-order valence-corrected chi connectivity index (χ2v) is 18.0. The van der Waals surface area contributed by atoms with Gasteiger partial charge in [0, 0.05) is 31.4 Å². The lowest BCUT2D eigenvalue weighted by Crippen LogP contribution is -2.67. The van der Waals surface area contributed by atoms with E-state index in [2.05, 4.69) is 64.1 Å². The van der Waals surface area contributed by atoms with Crippen molar-refractivity contribution in [1.29, 1.82) is 0 Å². The number of nitrogens with one attached hydrogen (secondary N) is 3. The van der Waals surface area contributed by atoms with Crippen molar-refractivity contribution in [3.05, 3.63) is 83.4 Å². The number of allylic oxidation sites excluding steroid dienone is 1. The minimum Gasteiger partial charge on any atom is -0.453 e. The second kappa shape index (κ2) is 16.0. The molecule has 5 fully saturated rings. The molecule has 0 spiro atoms. The van der Waals surface area contributed by atoms with E-state index >= 15 is 0 Å². The lowest BCUT2D eigenvalue weighted by Gasteiger charge is -2.71. The summed E-state index contributed by atoms with van der Waals surface area (Å²) in [6.07, 6.45) is 10.2. The first-order chi connectivity index (χ1) is 28.3. The molecular formula is C46H57N7O6. The van der Waals surface area contributed by atoms with E-state index in [0.29, 0.717) is 19.5 Å². The number of alkyl carbamates (subject to hydrolysis) is 2. The number of likely N-dealkylation sites (tertiary alicyclic amines) is 2. The Morgan fingerprint density at radius 1 is 0.729 bits per heavy atom. The molecule has 3 saturated carbocycles. The van der Waals surface area contributed by atoms with Crippen molar-refractivity contribution >= 4 is 35.3 Å². The monoisotopic (exact) mass is 803 g/mol. The van der Waals surface area contributed by atoms with Gasteiger partial charge in [-0.1, -0.05) is 76.2 Å². The summed E-state index contributed by atoms with van der Waals surface area (Å²) in [5, 5.41) is 5.45. The Morgan fingerprint density at radius 2 is 1.22 bits per heavy atom. The van der Waals surface area contributed by atoms with Crippen molar-refractivity contribution in [2.24, 2.45) is 16.8 Å². The van der Waals surface area contributed by atoms with E-state index in [0.717, 1.165) is 73.3 Å². The maximum Gasteiger partial charge on any atom is 0.407 e. The fourth-order valence-electron chi connectivity index (χ4n) is 10.4. The van der Waals surface area contributed by atoms with Crippen LogP contribution < -0.4 is 10.6 Å². The van der Waals surface area contributed by atoms with Crippen LogP contribution >= 0.6 is 0 Å². The van der Waals surface area contributed by atoms with E-state index < -0.39 is 24.3 Å². The lowest BCUT2D eigenvalue weighted by molar-refractivity contribution is -0.135. The number of H-pyrrole nitrogens is 1. The van der Waals surface area contributed by atoms with Gasteiger partial charge < -0.3 is 34.9 Å². The molecule has 3 N–H and O–H groups in total. The Kier molecular flexibility index (Phi) is 10.9. The molecule has 3 aromatic rings. The third-order valence-electron chi connectivity index (χ3n) is 13.6. The Bertz CT molecular complexity index is 2140. The van der Waals surface area contributed by atoms with Crippen LogP contribution in [0.3, 0.4) is 0 Å². The van der Waals surface area contributed by atoms with Crippen molar-refractivity contribution in [2.75, 3.05) is 27.3 Å². The highest BCUT2D eigenvalue weighted by molar-refractivity contribution is 6.03. The molecule has 9 rings (SSSR count). The number of carbonyl (C=O) groups excluding carboxylic acids is 4. The van der Waals surface area contributed by atoms with Gasteiger partial charge in [0.05, 0.1) is 38.2 Å². The Balaban J connectivity index is 0.856. The molecule has 1 aromatic heterocycles. The van der Waals surface area contributed by atoms with Gasteiger partial charge in [-0.2, -0.15) is 0 Å². The summed E-state index contributed by atoms with van der Waals surface area (Å²) >= 11 is 0. The largest absolute Gasteiger partial charge is 0.453 e. The Morgan fingerprint density at radius 3 is 1.73 bits per heavy atom. The summed E-state index contributed by atoms with van der Waals surface area (Å²) in [4.78, 5) is 67.9. The number of aromatic amines is 1. The van der Waals surface area contributed by atoms with E-state index in [1.54, 1.807) is 0 Å². The van der Waals surface area contributed by atoms with Crippen LogP contribution in [0, 0.1) is 11.8 Å². The molecule has 13 nitrogen and oxygen atoms in total.